The molecule has 0 spiro atoms. The second kappa shape index (κ2) is 12.0. The zero-order valence-corrected chi connectivity index (χ0v) is 20.2. The van der Waals surface area contributed by atoms with E-state index in [0.717, 1.165) is 5.56 Å². The highest BCUT2D eigenvalue weighted by molar-refractivity contribution is 6.32. The Hall–Kier alpha value is -3.91. The molecule has 35 heavy (non-hydrogen) atoms. The van der Waals surface area contributed by atoms with Gasteiger partial charge in [0.05, 0.1) is 22.7 Å². The predicted molar refractivity (Wildman–Crippen MR) is 129 cm³/mol. The maximum absolute atomic E-state index is 12.4. The van der Waals surface area contributed by atoms with Gasteiger partial charge in [-0.15, -0.1) is 0 Å². The third kappa shape index (κ3) is 7.04. The van der Waals surface area contributed by atoms with Gasteiger partial charge < -0.3 is 19.3 Å². The molecule has 2 heterocycles. The lowest BCUT2D eigenvalue weighted by Gasteiger charge is -2.14. The Balaban J connectivity index is 1.64. The van der Waals surface area contributed by atoms with Gasteiger partial charge in [-0.3, -0.25) is 14.8 Å². The van der Waals surface area contributed by atoms with Crippen LogP contribution in [0.25, 0.3) is 0 Å². The van der Waals surface area contributed by atoms with Gasteiger partial charge in [0.2, 0.25) is 0 Å². The summed E-state index contributed by atoms with van der Waals surface area (Å²) in [5.41, 5.74) is 2.85. The molecule has 0 fully saturated rings. The van der Waals surface area contributed by atoms with Crippen LogP contribution in [0.1, 0.15) is 38.3 Å². The highest BCUT2D eigenvalue weighted by Gasteiger charge is 2.17. The SMILES string of the molecule is C=CCOc1ccc(CC(=O)OCc2cnc(C)c(O)c2COC(=O)c2cncc(C)c2)cc1Cl. The summed E-state index contributed by atoms with van der Waals surface area (Å²) in [4.78, 5) is 32.9. The second-order valence-electron chi connectivity index (χ2n) is 7.73. The van der Waals surface area contributed by atoms with Crippen molar-refractivity contribution >= 4 is 23.5 Å². The topological polar surface area (TPSA) is 108 Å². The fourth-order valence-electron chi connectivity index (χ4n) is 3.15. The molecule has 0 amide bonds. The van der Waals surface area contributed by atoms with E-state index in [1.54, 1.807) is 43.5 Å². The first-order chi connectivity index (χ1) is 16.8. The third-order valence-electron chi connectivity index (χ3n) is 4.98. The predicted octanol–water partition coefficient (Wildman–Crippen LogP) is 4.66. The van der Waals surface area contributed by atoms with Gasteiger partial charge in [-0.05, 0) is 43.2 Å². The fraction of sp³-hybridized carbons (Fsp3) is 0.231. The number of nitrogens with zero attached hydrogens (tertiary/aromatic N) is 2. The highest BCUT2D eigenvalue weighted by Crippen LogP contribution is 2.27. The van der Waals surface area contributed by atoms with Crippen LogP contribution in [0.15, 0.2) is 55.5 Å². The number of hydrogen-bond acceptors (Lipinski definition) is 8. The van der Waals surface area contributed by atoms with E-state index >= 15 is 0 Å². The summed E-state index contributed by atoms with van der Waals surface area (Å²) in [6.07, 6.45) is 6.09. The smallest absolute Gasteiger partial charge is 0.340 e. The first-order valence-corrected chi connectivity index (χ1v) is 11.1. The molecule has 3 aromatic rings. The van der Waals surface area contributed by atoms with Gasteiger partial charge in [-0.25, -0.2) is 4.79 Å². The first-order valence-electron chi connectivity index (χ1n) is 10.7. The van der Waals surface area contributed by atoms with E-state index in [-0.39, 0.29) is 25.4 Å². The summed E-state index contributed by atoms with van der Waals surface area (Å²) in [5.74, 6) is -0.730. The normalized spacial score (nSPS) is 10.5. The largest absolute Gasteiger partial charge is 0.506 e. The molecule has 0 radical (unpaired) electrons. The Morgan fingerprint density at radius 3 is 2.63 bits per heavy atom. The molecule has 3 rings (SSSR count). The van der Waals surface area contributed by atoms with Crippen molar-refractivity contribution in [3.63, 3.8) is 0 Å². The second-order valence-corrected chi connectivity index (χ2v) is 8.13. The van der Waals surface area contributed by atoms with Gasteiger partial charge in [0.15, 0.2) is 0 Å². The minimum absolute atomic E-state index is 0.0165. The van der Waals surface area contributed by atoms with Crippen LogP contribution >= 0.6 is 11.6 Å². The number of esters is 2. The van der Waals surface area contributed by atoms with Gasteiger partial charge in [0.25, 0.3) is 0 Å². The van der Waals surface area contributed by atoms with Crippen molar-refractivity contribution in [2.45, 2.75) is 33.5 Å². The molecular formula is C26H25ClN2O6. The molecule has 0 atom stereocenters. The minimum Gasteiger partial charge on any atom is -0.506 e. The van der Waals surface area contributed by atoms with E-state index in [9.17, 15) is 14.7 Å². The van der Waals surface area contributed by atoms with Crippen molar-refractivity contribution in [3.05, 3.63) is 94.0 Å². The number of aryl methyl sites for hydroxylation is 2. The van der Waals surface area contributed by atoms with Crippen LogP contribution in [0.2, 0.25) is 5.02 Å². The summed E-state index contributed by atoms with van der Waals surface area (Å²) < 4.78 is 16.2. The molecule has 0 aliphatic carbocycles. The number of benzene rings is 1. The minimum atomic E-state index is -0.588. The summed E-state index contributed by atoms with van der Waals surface area (Å²) in [6.45, 7) is 6.95. The molecule has 9 heteroatoms. The lowest BCUT2D eigenvalue weighted by molar-refractivity contribution is -0.144. The average molecular weight is 497 g/mol. The van der Waals surface area contributed by atoms with Gasteiger partial charge >= 0.3 is 11.9 Å². The van der Waals surface area contributed by atoms with Gasteiger partial charge in [-0.2, -0.15) is 0 Å². The van der Waals surface area contributed by atoms with Crippen LogP contribution in [-0.4, -0.2) is 33.6 Å². The molecule has 1 aromatic carbocycles. The lowest BCUT2D eigenvalue weighted by atomic mass is 10.1. The zero-order valence-electron chi connectivity index (χ0n) is 19.4. The van der Waals surface area contributed by atoms with E-state index in [1.165, 1.54) is 12.4 Å². The molecule has 0 bridgehead atoms. The molecule has 2 aromatic heterocycles. The Labute approximate surface area is 208 Å². The van der Waals surface area contributed by atoms with E-state index < -0.39 is 11.9 Å². The molecule has 0 aliphatic rings. The zero-order chi connectivity index (χ0) is 25.4. The number of pyridine rings is 2. The number of hydrogen-bond donors (Lipinski definition) is 1. The number of halogens is 1. The van der Waals surface area contributed by atoms with Crippen LogP contribution in [0.3, 0.4) is 0 Å². The molecule has 182 valence electrons. The molecular weight excluding hydrogens is 472 g/mol. The first kappa shape index (κ1) is 25.7. The maximum Gasteiger partial charge on any atom is 0.340 e. The van der Waals surface area contributed by atoms with E-state index in [2.05, 4.69) is 16.5 Å². The molecule has 0 unspecified atom stereocenters. The Morgan fingerprint density at radius 2 is 1.91 bits per heavy atom. The molecule has 0 saturated carbocycles. The number of aromatic hydroxyl groups is 1. The van der Waals surface area contributed by atoms with Crippen molar-refractivity contribution in [1.29, 1.82) is 0 Å². The summed E-state index contributed by atoms with van der Waals surface area (Å²) in [7, 11) is 0. The quantitative estimate of drug-likeness (QED) is 0.319. The molecule has 0 saturated heterocycles. The molecule has 0 aliphatic heterocycles. The van der Waals surface area contributed by atoms with Crippen LogP contribution in [0.5, 0.6) is 11.5 Å². The Bertz CT molecular complexity index is 1240. The van der Waals surface area contributed by atoms with Crippen molar-refractivity contribution < 1.29 is 28.9 Å². The number of aromatic nitrogens is 2. The van der Waals surface area contributed by atoms with Gasteiger partial charge in [0, 0.05) is 29.7 Å². The van der Waals surface area contributed by atoms with Crippen molar-refractivity contribution in [3.8, 4) is 11.5 Å². The van der Waals surface area contributed by atoms with Crippen LogP contribution in [0.4, 0.5) is 0 Å². The molecule has 8 nitrogen and oxygen atoms in total. The van der Waals surface area contributed by atoms with Crippen LogP contribution < -0.4 is 4.74 Å². The van der Waals surface area contributed by atoms with Gasteiger partial charge in [-0.1, -0.05) is 30.3 Å². The monoisotopic (exact) mass is 496 g/mol. The van der Waals surface area contributed by atoms with Crippen molar-refractivity contribution in [2.24, 2.45) is 0 Å². The number of ether oxygens (including phenoxy) is 3. The summed E-state index contributed by atoms with van der Waals surface area (Å²) in [5, 5.41) is 10.9. The highest BCUT2D eigenvalue weighted by atomic mass is 35.5. The maximum atomic E-state index is 12.4. The van der Waals surface area contributed by atoms with E-state index in [1.807, 2.05) is 6.92 Å². The Kier molecular flexibility index (Phi) is 8.80. The van der Waals surface area contributed by atoms with Crippen LogP contribution in [0, 0.1) is 13.8 Å². The Morgan fingerprint density at radius 1 is 1.11 bits per heavy atom. The van der Waals surface area contributed by atoms with E-state index in [0.29, 0.717) is 45.3 Å². The average Bonchev–Trinajstić information content (AvgIpc) is 2.83. The summed E-state index contributed by atoms with van der Waals surface area (Å²) in [6, 6.07) is 6.67. The number of carbonyl (C=O) groups excluding carboxylic acids is 2. The van der Waals surface area contributed by atoms with Crippen molar-refractivity contribution in [1.82, 2.24) is 9.97 Å². The van der Waals surface area contributed by atoms with Gasteiger partial charge in [0.1, 0.15) is 31.3 Å². The van der Waals surface area contributed by atoms with E-state index in [4.69, 9.17) is 25.8 Å². The standard InChI is InChI=1S/C26H25ClN2O6/c1-4-7-33-23-6-5-18(9-22(23)27)10-24(30)34-14-20-13-29-17(3)25(31)21(20)15-35-26(32)19-8-16(2)11-28-12-19/h4-6,8-9,11-13,31H,1,7,10,14-15H2,2-3H3. The molecule has 1 N–H and O–H groups in total. The van der Waals surface area contributed by atoms with Crippen molar-refractivity contribution in [2.75, 3.05) is 6.61 Å². The van der Waals surface area contributed by atoms with Crippen LogP contribution in [-0.2, 0) is 33.9 Å². The number of rotatable bonds is 10. The third-order valence-corrected chi connectivity index (χ3v) is 5.27. The lowest BCUT2D eigenvalue weighted by Crippen LogP contribution is -2.12. The summed E-state index contributed by atoms with van der Waals surface area (Å²) >= 11 is 6.19. The number of carbonyl (C=O) groups is 2. The fourth-order valence-corrected chi connectivity index (χ4v) is 3.41.